The van der Waals surface area contributed by atoms with Gasteiger partial charge in [-0.2, -0.15) is 4.98 Å². The average molecular weight is 361 g/mol. The van der Waals surface area contributed by atoms with Crippen LogP contribution in [0.1, 0.15) is 19.4 Å². The number of aromatic nitrogens is 2. The summed E-state index contributed by atoms with van der Waals surface area (Å²) >= 11 is 0. The van der Waals surface area contributed by atoms with E-state index < -0.39 is 0 Å². The van der Waals surface area contributed by atoms with Crippen LogP contribution in [-0.2, 0) is 6.54 Å². The molecular formula is C22H27N5. The highest BCUT2D eigenvalue weighted by atomic mass is 15.2. The van der Waals surface area contributed by atoms with Gasteiger partial charge in [0.2, 0.25) is 5.95 Å². The van der Waals surface area contributed by atoms with Crippen molar-refractivity contribution in [2.45, 2.75) is 26.4 Å². The molecule has 0 aliphatic rings. The lowest BCUT2D eigenvalue weighted by atomic mass is 10.2. The highest BCUT2D eigenvalue weighted by Gasteiger charge is 2.13. The maximum Gasteiger partial charge on any atom is 0.229 e. The number of benzene rings is 2. The third-order valence-corrected chi connectivity index (χ3v) is 4.39. The van der Waals surface area contributed by atoms with E-state index in [0.717, 1.165) is 23.7 Å². The molecule has 1 N–H and O–H groups in total. The molecule has 0 unspecified atom stereocenters. The van der Waals surface area contributed by atoms with Gasteiger partial charge in [0.1, 0.15) is 5.82 Å². The summed E-state index contributed by atoms with van der Waals surface area (Å²) in [5.41, 5.74) is 3.39. The van der Waals surface area contributed by atoms with Crippen molar-refractivity contribution in [2.75, 3.05) is 29.2 Å². The molecule has 27 heavy (non-hydrogen) atoms. The Morgan fingerprint density at radius 3 is 2.26 bits per heavy atom. The van der Waals surface area contributed by atoms with Crippen LogP contribution >= 0.6 is 0 Å². The van der Waals surface area contributed by atoms with Crippen molar-refractivity contribution in [1.29, 1.82) is 0 Å². The summed E-state index contributed by atoms with van der Waals surface area (Å²) in [4.78, 5) is 13.5. The lowest BCUT2D eigenvalue weighted by Gasteiger charge is -2.28. The number of anilines is 4. The third-order valence-electron chi connectivity index (χ3n) is 4.39. The predicted octanol–water partition coefficient (Wildman–Crippen LogP) is 4.70. The molecule has 0 radical (unpaired) electrons. The van der Waals surface area contributed by atoms with Crippen molar-refractivity contribution in [3.63, 3.8) is 0 Å². The second-order valence-electron chi connectivity index (χ2n) is 7.01. The van der Waals surface area contributed by atoms with Crippen molar-refractivity contribution < 1.29 is 0 Å². The molecule has 0 bridgehead atoms. The average Bonchev–Trinajstić information content (AvgIpc) is 2.67. The molecule has 140 valence electrons. The van der Waals surface area contributed by atoms with E-state index >= 15 is 0 Å². The first-order chi connectivity index (χ1) is 13.0. The predicted molar refractivity (Wildman–Crippen MR) is 114 cm³/mol. The molecule has 0 aliphatic heterocycles. The number of nitrogens with one attached hydrogen (secondary N) is 1. The highest BCUT2D eigenvalue weighted by Crippen LogP contribution is 2.22. The Morgan fingerprint density at radius 1 is 0.926 bits per heavy atom. The molecule has 5 heteroatoms. The molecule has 1 heterocycles. The number of hydrogen-bond donors (Lipinski definition) is 1. The Labute approximate surface area is 161 Å². The van der Waals surface area contributed by atoms with E-state index in [1.165, 1.54) is 5.56 Å². The Morgan fingerprint density at radius 2 is 1.63 bits per heavy atom. The van der Waals surface area contributed by atoms with Gasteiger partial charge < -0.3 is 15.1 Å². The first-order valence-corrected chi connectivity index (χ1v) is 9.21. The van der Waals surface area contributed by atoms with Crippen LogP contribution in [-0.4, -0.2) is 30.1 Å². The number of nitrogens with zero attached hydrogens (tertiary/aromatic N) is 4. The molecule has 5 nitrogen and oxygen atoms in total. The molecule has 0 amide bonds. The van der Waals surface area contributed by atoms with Crippen LogP contribution in [0.3, 0.4) is 0 Å². The minimum absolute atomic E-state index is 0.326. The van der Waals surface area contributed by atoms with Crippen molar-refractivity contribution in [3.05, 3.63) is 72.4 Å². The van der Waals surface area contributed by atoms with E-state index in [2.05, 4.69) is 70.3 Å². The molecule has 3 aromatic rings. The minimum atomic E-state index is 0.326. The summed E-state index contributed by atoms with van der Waals surface area (Å²) in [6, 6.07) is 21.0. The summed E-state index contributed by atoms with van der Waals surface area (Å²) in [5, 5.41) is 3.30. The summed E-state index contributed by atoms with van der Waals surface area (Å²) in [7, 11) is 4.06. The van der Waals surface area contributed by atoms with Gasteiger partial charge in [0.05, 0.1) is 0 Å². The molecule has 3 rings (SSSR count). The molecule has 0 atom stereocenters. The van der Waals surface area contributed by atoms with Crippen LogP contribution in [0, 0.1) is 0 Å². The number of hydrogen-bond acceptors (Lipinski definition) is 5. The van der Waals surface area contributed by atoms with Gasteiger partial charge in [0.25, 0.3) is 0 Å². The van der Waals surface area contributed by atoms with Crippen LogP contribution in [0.2, 0.25) is 0 Å². The van der Waals surface area contributed by atoms with Crippen LogP contribution in [0.4, 0.5) is 23.1 Å². The van der Waals surface area contributed by atoms with Gasteiger partial charge in [0.15, 0.2) is 0 Å². The first kappa shape index (κ1) is 18.7. The van der Waals surface area contributed by atoms with Crippen LogP contribution in [0.25, 0.3) is 0 Å². The van der Waals surface area contributed by atoms with Gasteiger partial charge in [-0.05, 0) is 49.7 Å². The summed E-state index contributed by atoms with van der Waals surface area (Å²) < 4.78 is 0. The zero-order valence-electron chi connectivity index (χ0n) is 16.4. The Bertz CT molecular complexity index is 844. The van der Waals surface area contributed by atoms with E-state index in [-0.39, 0.29) is 0 Å². The van der Waals surface area contributed by atoms with Crippen molar-refractivity contribution in [1.82, 2.24) is 9.97 Å². The fourth-order valence-corrected chi connectivity index (χ4v) is 2.85. The summed E-state index contributed by atoms with van der Waals surface area (Å²) in [6.07, 6.45) is 1.80. The number of rotatable bonds is 7. The second kappa shape index (κ2) is 8.54. The molecule has 0 saturated heterocycles. The molecule has 0 aliphatic carbocycles. The van der Waals surface area contributed by atoms with E-state index in [9.17, 15) is 0 Å². The van der Waals surface area contributed by atoms with E-state index in [0.29, 0.717) is 12.0 Å². The van der Waals surface area contributed by atoms with Crippen LogP contribution < -0.4 is 15.1 Å². The van der Waals surface area contributed by atoms with Gasteiger partial charge in [-0.3, -0.25) is 0 Å². The maximum absolute atomic E-state index is 4.74. The lowest BCUT2D eigenvalue weighted by Crippen LogP contribution is -2.31. The van der Waals surface area contributed by atoms with E-state index in [1.54, 1.807) is 6.20 Å². The van der Waals surface area contributed by atoms with Gasteiger partial charge in [0, 0.05) is 44.3 Å². The van der Waals surface area contributed by atoms with Gasteiger partial charge in [-0.15, -0.1) is 0 Å². The van der Waals surface area contributed by atoms with Crippen molar-refractivity contribution in [2.24, 2.45) is 0 Å². The van der Waals surface area contributed by atoms with Crippen molar-refractivity contribution >= 4 is 23.1 Å². The zero-order chi connectivity index (χ0) is 19.2. The van der Waals surface area contributed by atoms with Gasteiger partial charge in [-0.25, -0.2) is 4.98 Å². The first-order valence-electron chi connectivity index (χ1n) is 9.21. The quantitative estimate of drug-likeness (QED) is 0.661. The molecule has 2 aromatic carbocycles. The normalized spacial score (nSPS) is 10.7. The van der Waals surface area contributed by atoms with Crippen LogP contribution in [0.5, 0.6) is 0 Å². The monoisotopic (exact) mass is 361 g/mol. The van der Waals surface area contributed by atoms with Crippen LogP contribution in [0.15, 0.2) is 66.9 Å². The lowest BCUT2D eigenvalue weighted by molar-refractivity contribution is 0.672. The van der Waals surface area contributed by atoms with Gasteiger partial charge in [-0.1, -0.05) is 30.3 Å². The topological polar surface area (TPSA) is 44.3 Å². The molecule has 0 spiro atoms. The fraction of sp³-hybridized carbons (Fsp3) is 0.273. The van der Waals surface area contributed by atoms with Gasteiger partial charge >= 0.3 is 0 Å². The van der Waals surface area contributed by atoms with E-state index in [1.807, 2.05) is 38.4 Å². The molecule has 1 aromatic heterocycles. The zero-order valence-corrected chi connectivity index (χ0v) is 16.4. The highest BCUT2D eigenvalue weighted by molar-refractivity contribution is 5.59. The maximum atomic E-state index is 4.74. The Hall–Kier alpha value is -3.08. The largest absolute Gasteiger partial charge is 0.378 e. The molecular weight excluding hydrogens is 334 g/mol. The van der Waals surface area contributed by atoms with E-state index in [4.69, 9.17) is 4.98 Å². The third kappa shape index (κ3) is 4.97. The Balaban J connectivity index is 1.78. The van der Waals surface area contributed by atoms with Crippen molar-refractivity contribution in [3.8, 4) is 0 Å². The smallest absolute Gasteiger partial charge is 0.229 e. The molecule has 0 saturated carbocycles. The Kier molecular flexibility index (Phi) is 5.91. The second-order valence-corrected chi connectivity index (χ2v) is 7.01. The molecule has 0 fully saturated rings. The fourth-order valence-electron chi connectivity index (χ4n) is 2.85. The summed E-state index contributed by atoms with van der Waals surface area (Å²) in [5.74, 6) is 1.51. The SMILES string of the molecule is CC(C)N(Cc1ccccc1)c1ccnc(Nc2ccc(N(C)C)cc2)n1. The minimum Gasteiger partial charge on any atom is -0.378 e. The summed E-state index contributed by atoms with van der Waals surface area (Å²) in [6.45, 7) is 5.17. The standard InChI is InChI=1S/C22H27N5/c1-17(2)27(16-18-8-6-5-7-9-18)21-14-15-23-22(25-21)24-19-10-12-20(13-11-19)26(3)4/h5-15,17H,16H2,1-4H3,(H,23,24,25).